The van der Waals surface area contributed by atoms with Crippen LogP contribution in [0.4, 0.5) is 5.69 Å². The number of nitrogens with zero attached hydrogens (tertiary/aromatic N) is 2. The van der Waals surface area contributed by atoms with Crippen LogP contribution in [0, 0.1) is 0 Å². The van der Waals surface area contributed by atoms with Crippen molar-refractivity contribution in [3.05, 3.63) is 92.9 Å². The van der Waals surface area contributed by atoms with Crippen LogP contribution in [0.1, 0.15) is 21.5 Å². The van der Waals surface area contributed by atoms with Crippen molar-refractivity contribution in [1.82, 2.24) is 9.13 Å². The van der Waals surface area contributed by atoms with Gasteiger partial charge in [0.1, 0.15) is 12.4 Å². The monoisotopic (exact) mass is 451 g/mol. The van der Waals surface area contributed by atoms with Crippen LogP contribution in [0.2, 0.25) is 5.02 Å². The maximum absolute atomic E-state index is 12.1. The van der Waals surface area contributed by atoms with E-state index in [9.17, 15) is 9.59 Å². The fourth-order valence-corrected chi connectivity index (χ4v) is 3.85. The average Bonchev–Trinajstić information content (AvgIpc) is 3.00. The number of para-hydroxylation sites is 1. The standard InChI is InChI=1S/C24H22ClN3O4/c1-27-20-10-7-15(11-21(20)28(2)24(27)31)14-32-22-6-4-3-5-16(22)13-26-17-8-9-18(23(29)30)19(25)12-17/h3-12,26H,13-14H2,1-2H3,(H,29,30). The molecule has 0 atom stereocenters. The molecule has 1 heterocycles. The zero-order valence-corrected chi connectivity index (χ0v) is 18.4. The minimum atomic E-state index is -1.06. The number of hydrogen-bond donors (Lipinski definition) is 2. The van der Waals surface area contributed by atoms with E-state index >= 15 is 0 Å². The summed E-state index contributed by atoms with van der Waals surface area (Å²) in [5.41, 5.74) is 4.34. The molecule has 0 aliphatic carbocycles. The lowest BCUT2D eigenvalue weighted by Gasteiger charge is -2.13. The Bertz CT molecular complexity index is 1370. The van der Waals surface area contributed by atoms with Crippen molar-refractivity contribution in [2.45, 2.75) is 13.2 Å². The van der Waals surface area contributed by atoms with Crippen molar-refractivity contribution in [1.29, 1.82) is 0 Å². The first-order valence-corrected chi connectivity index (χ1v) is 10.3. The van der Waals surface area contributed by atoms with Gasteiger partial charge in [0, 0.05) is 31.9 Å². The summed E-state index contributed by atoms with van der Waals surface area (Å²) in [6, 6.07) is 18.3. The van der Waals surface area contributed by atoms with E-state index in [1.165, 1.54) is 6.07 Å². The van der Waals surface area contributed by atoms with E-state index in [0.717, 1.165) is 27.9 Å². The molecule has 8 heteroatoms. The molecule has 32 heavy (non-hydrogen) atoms. The summed E-state index contributed by atoms with van der Waals surface area (Å²) in [5, 5.41) is 12.5. The number of aromatic nitrogens is 2. The van der Waals surface area contributed by atoms with Gasteiger partial charge in [0.05, 0.1) is 21.6 Å². The summed E-state index contributed by atoms with van der Waals surface area (Å²) < 4.78 is 9.32. The van der Waals surface area contributed by atoms with Crippen LogP contribution in [0.25, 0.3) is 11.0 Å². The van der Waals surface area contributed by atoms with E-state index in [0.29, 0.717) is 18.8 Å². The molecule has 0 bridgehead atoms. The highest BCUT2D eigenvalue weighted by atomic mass is 35.5. The Morgan fingerprint density at radius 2 is 1.78 bits per heavy atom. The van der Waals surface area contributed by atoms with Gasteiger partial charge in [-0.3, -0.25) is 9.13 Å². The number of rotatable bonds is 7. The highest BCUT2D eigenvalue weighted by molar-refractivity contribution is 6.33. The lowest BCUT2D eigenvalue weighted by molar-refractivity contribution is 0.0697. The van der Waals surface area contributed by atoms with Gasteiger partial charge in [-0.15, -0.1) is 0 Å². The number of carbonyl (C=O) groups is 1. The van der Waals surface area contributed by atoms with Gasteiger partial charge < -0.3 is 15.2 Å². The third-order valence-electron chi connectivity index (χ3n) is 5.39. The molecule has 2 N–H and O–H groups in total. The van der Waals surface area contributed by atoms with Crippen molar-refractivity contribution in [3.63, 3.8) is 0 Å². The van der Waals surface area contributed by atoms with Gasteiger partial charge in [-0.2, -0.15) is 0 Å². The van der Waals surface area contributed by atoms with E-state index in [2.05, 4.69) is 5.32 Å². The highest BCUT2D eigenvalue weighted by Crippen LogP contribution is 2.24. The van der Waals surface area contributed by atoms with E-state index in [1.54, 1.807) is 35.4 Å². The van der Waals surface area contributed by atoms with Crippen LogP contribution in [-0.2, 0) is 27.2 Å². The Balaban J connectivity index is 1.48. The molecular formula is C24H22ClN3O4. The van der Waals surface area contributed by atoms with E-state index in [-0.39, 0.29) is 16.3 Å². The molecular weight excluding hydrogens is 430 g/mol. The number of nitrogens with one attached hydrogen (secondary N) is 1. The predicted molar refractivity (Wildman–Crippen MR) is 125 cm³/mol. The zero-order chi connectivity index (χ0) is 22.8. The van der Waals surface area contributed by atoms with Gasteiger partial charge in [-0.25, -0.2) is 9.59 Å². The molecule has 0 aliphatic rings. The minimum Gasteiger partial charge on any atom is -0.489 e. The third kappa shape index (κ3) is 4.20. The summed E-state index contributed by atoms with van der Waals surface area (Å²) in [6.07, 6.45) is 0. The summed E-state index contributed by atoms with van der Waals surface area (Å²) in [5.74, 6) is -0.329. The number of benzene rings is 3. The van der Waals surface area contributed by atoms with Crippen LogP contribution in [0.15, 0.2) is 65.5 Å². The molecule has 4 aromatic rings. The smallest absolute Gasteiger partial charge is 0.337 e. The van der Waals surface area contributed by atoms with Crippen molar-refractivity contribution in [2.24, 2.45) is 14.1 Å². The molecule has 0 radical (unpaired) electrons. The van der Waals surface area contributed by atoms with Crippen LogP contribution in [0.5, 0.6) is 5.75 Å². The van der Waals surface area contributed by atoms with Crippen LogP contribution >= 0.6 is 11.6 Å². The number of hydrogen-bond acceptors (Lipinski definition) is 4. The molecule has 0 unspecified atom stereocenters. The highest BCUT2D eigenvalue weighted by Gasteiger charge is 2.11. The Kier molecular flexibility index (Phi) is 5.92. The Labute approximate surface area is 189 Å². The van der Waals surface area contributed by atoms with Crippen LogP contribution in [0.3, 0.4) is 0 Å². The molecule has 0 saturated heterocycles. The topological polar surface area (TPSA) is 85.5 Å². The van der Waals surface area contributed by atoms with Crippen LogP contribution in [-0.4, -0.2) is 20.2 Å². The summed E-state index contributed by atoms with van der Waals surface area (Å²) in [4.78, 5) is 23.3. The zero-order valence-electron chi connectivity index (χ0n) is 17.6. The van der Waals surface area contributed by atoms with E-state index in [1.807, 2.05) is 42.5 Å². The summed E-state index contributed by atoms with van der Waals surface area (Å²) in [7, 11) is 3.51. The number of ether oxygens (including phenoxy) is 1. The van der Waals surface area contributed by atoms with Gasteiger partial charge in [0.25, 0.3) is 0 Å². The molecule has 0 amide bonds. The lowest BCUT2D eigenvalue weighted by atomic mass is 10.1. The molecule has 0 spiro atoms. The number of aromatic carboxylic acids is 1. The van der Waals surface area contributed by atoms with Gasteiger partial charge in [-0.05, 0) is 42.0 Å². The average molecular weight is 452 g/mol. The molecule has 0 aliphatic heterocycles. The van der Waals surface area contributed by atoms with Gasteiger partial charge in [-0.1, -0.05) is 35.9 Å². The first-order valence-electron chi connectivity index (χ1n) is 9.97. The third-order valence-corrected chi connectivity index (χ3v) is 5.70. The number of aryl methyl sites for hydroxylation is 2. The number of halogens is 1. The Morgan fingerprint density at radius 1 is 1.03 bits per heavy atom. The second kappa shape index (κ2) is 8.80. The maximum Gasteiger partial charge on any atom is 0.337 e. The maximum atomic E-state index is 12.1. The van der Waals surface area contributed by atoms with E-state index in [4.69, 9.17) is 21.4 Å². The van der Waals surface area contributed by atoms with E-state index < -0.39 is 5.97 Å². The molecule has 0 fully saturated rings. The quantitative estimate of drug-likeness (QED) is 0.434. The summed E-state index contributed by atoms with van der Waals surface area (Å²) >= 11 is 6.05. The van der Waals surface area contributed by atoms with Crippen molar-refractivity contribution >= 4 is 34.3 Å². The van der Waals surface area contributed by atoms with Gasteiger partial charge >= 0.3 is 11.7 Å². The number of imidazole rings is 1. The fraction of sp³-hybridized carbons (Fsp3) is 0.167. The number of carboxylic acids is 1. The van der Waals surface area contributed by atoms with Gasteiger partial charge in [0.15, 0.2) is 0 Å². The predicted octanol–water partition coefficient (Wildman–Crippen LogP) is 4.42. The Morgan fingerprint density at radius 3 is 2.53 bits per heavy atom. The lowest BCUT2D eigenvalue weighted by Crippen LogP contribution is -2.19. The van der Waals surface area contributed by atoms with Crippen molar-refractivity contribution < 1.29 is 14.6 Å². The van der Waals surface area contributed by atoms with Gasteiger partial charge in [0.2, 0.25) is 0 Å². The second-order valence-corrected chi connectivity index (χ2v) is 7.88. The molecule has 0 saturated carbocycles. The first kappa shape index (κ1) is 21.5. The SMILES string of the molecule is Cn1c(=O)n(C)c2cc(COc3ccccc3CNc3ccc(C(=O)O)c(Cl)c3)ccc21. The number of carboxylic acid groups (broad SMARTS) is 1. The minimum absolute atomic E-state index is 0.0637. The number of anilines is 1. The largest absolute Gasteiger partial charge is 0.489 e. The van der Waals surface area contributed by atoms with Crippen LogP contribution < -0.4 is 15.7 Å². The normalized spacial score (nSPS) is 11.0. The molecule has 7 nitrogen and oxygen atoms in total. The Hall–Kier alpha value is -3.71. The second-order valence-electron chi connectivity index (χ2n) is 7.47. The van der Waals surface area contributed by atoms with Crippen molar-refractivity contribution in [3.8, 4) is 5.75 Å². The first-order chi connectivity index (χ1) is 15.3. The molecule has 4 rings (SSSR count). The number of fused-ring (bicyclic) bond motifs is 1. The molecule has 1 aromatic heterocycles. The molecule has 3 aromatic carbocycles. The fourth-order valence-electron chi connectivity index (χ4n) is 3.59. The summed E-state index contributed by atoms with van der Waals surface area (Å²) in [6.45, 7) is 0.834. The van der Waals surface area contributed by atoms with Crippen molar-refractivity contribution in [2.75, 3.05) is 5.32 Å². The molecule has 164 valence electrons.